The van der Waals surface area contributed by atoms with E-state index in [2.05, 4.69) is 6.92 Å². The molecule has 0 amide bonds. The summed E-state index contributed by atoms with van der Waals surface area (Å²) < 4.78 is 18.5. The number of Topliss-reactive ketones (excluding diaryl/α,β-unsaturated/α-hetero) is 1. The van der Waals surface area contributed by atoms with Crippen LogP contribution in [-0.2, 0) is 20.1 Å². The Hall–Kier alpha value is -1.78. The molecule has 2 aromatic carbocycles. The number of carbonyl (C=O) groups excluding carboxylic acids is 1. The van der Waals surface area contributed by atoms with Gasteiger partial charge in [0.1, 0.15) is 0 Å². The number of hydrogen-bond acceptors (Lipinski definition) is 3. The summed E-state index contributed by atoms with van der Waals surface area (Å²) in [6.07, 6.45) is 3.43. The summed E-state index contributed by atoms with van der Waals surface area (Å²) in [5.74, 6) is -0.221. The van der Waals surface area contributed by atoms with Crippen molar-refractivity contribution < 1.29 is 13.2 Å². The second-order valence-corrected chi connectivity index (χ2v) is 8.13. The fraction of sp³-hybridized carbons (Fsp3) is 0.409. The van der Waals surface area contributed by atoms with E-state index >= 15 is 0 Å². The van der Waals surface area contributed by atoms with Gasteiger partial charge in [-0.25, -0.2) is 4.21 Å². The number of carbonyl (C=O) groups is 1. The topological polar surface area (TPSA) is 43.4 Å². The second kappa shape index (κ2) is 8.28. The minimum atomic E-state index is -1.56. The first-order valence-corrected chi connectivity index (χ1v) is 10.4. The molecule has 1 aliphatic heterocycles. The molecule has 0 N–H and O–H groups in total. The number of benzene rings is 2. The Labute approximate surface area is 158 Å². The standard InChI is InChI=1S/C22H26O3S/c1-3-5-15-22(4-2)16-25-26(24)19-14-10-9-13-18(19)20(21(22)23)17-11-7-6-8-12-17/h6-14,20H,3-5,15-16H2,1-2H3/t20-,22+,26?/m0/s1. The molecule has 4 heteroatoms. The summed E-state index contributed by atoms with van der Waals surface area (Å²) in [6, 6.07) is 17.3. The highest BCUT2D eigenvalue weighted by molar-refractivity contribution is 7.80. The zero-order valence-corrected chi connectivity index (χ0v) is 16.3. The van der Waals surface area contributed by atoms with E-state index < -0.39 is 22.4 Å². The summed E-state index contributed by atoms with van der Waals surface area (Å²) >= 11 is -1.56. The maximum Gasteiger partial charge on any atom is 0.189 e. The fourth-order valence-electron chi connectivity index (χ4n) is 3.76. The van der Waals surface area contributed by atoms with Gasteiger partial charge in [-0.1, -0.05) is 75.2 Å². The van der Waals surface area contributed by atoms with Gasteiger partial charge in [0.05, 0.1) is 22.8 Å². The van der Waals surface area contributed by atoms with Crippen LogP contribution in [0.25, 0.3) is 0 Å². The molecule has 0 bridgehead atoms. The number of fused-ring (bicyclic) bond motifs is 1. The van der Waals surface area contributed by atoms with Gasteiger partial charge in [-0.3, -0.25) is 8.98 Å². The summed E-state index contributed by atoms with van der Waals surface area (Å²) in [5, 5.41) is 0. The average molecular weight is 371 g/mol. The molecule has 0 aliphatic carbocycles. The molecule has 3 nitrogen and oxygen atoms in total. The molecule has 2 aromatic rings. The van der Waals surface area contributed by atoms with Crippen LogP contribution < -0.4 is 0 Å². The molecule has 0 radical (unpaired) electrons. The van der Waals surface area contributed by atoms with E-state index in [1.54, 1.807) is 6.07 Å². The van der Waals surface area contributed by atoms with Gasteiger partial charge >= 0.3 is 0 Å². The Morgan fingerprint density at radius 2 is 1.77 bits per heavy atom. The predicted molar refractivity (Wildman–Crippen MR) is 104 cm³/mol. The van der Waals surface area contributed by atoms with E-state index in [0.29, 0.717) is 11.3 Å². The minimum Gasteiger partial charge on any atom is -0.298 e. The van der Waals surface area contributed by atoms with E-state index in [0.717, 1.165) is 30.4 Å². The van der Waals surface area contributed by atoms with Gasteiger partial charge in [-0.05, 0) is 30.0 Å². The smallest absolute Gasteiger partial charge is 0.189 e. The lowest BCUT2D eigenvalue weighted by atomic mass is 9.69. The van der Waals surface area contributed by atoms with Crippen molar-refractivity contribution in [1.82, 2.24) is 0 Å². The van der Waals surface area contributed by atoms with E-state index in [1.807, 2.05) is 55.5 Å². The van der Waals surface area contributed by atoms with Crippen LogP contribution in [0.1, 0.15) is 56.6 Å². The van der Waals surface area contributed by atoms with Gasteiger partial charge < -0.3 is 0 Å². The fourth-order valence-corrected chi connectivity index (χ4v) is 4.79. The van der Waals surface area contributed by atoms with Crippen LogP contribution >= 0.6 is 0 Å². The van der Waals surface area contributed by atoms with E-state index in [9.17, 15) is 9.00 Å². The van der Waals surface area contributed by atoms with Crippen LogP contribution in [0.5, 0.6) is 0 Å². The number of unbranched alkanes of at least 4 members (excludes halogenated alkanes) is 1. The zero-order chi connectivity index (χ0) is 18.6. The Kier molecular flexibility index (Phi) is 6.05. The van der Waals surface area contributed by atoms with Crippen LogP contribution in [0.4, 0.5) is 0 Å². The largest absolute Gasteiger partial charge is 0.298 e. The summed E-state index contributed by atoms with van der Waals surface area (Å²) in [5.41, 5.74) is 1.16. The van der Waals surface area contributed by atoms with Gasteiger partial charge in [-0.15, -0.1) is 0 Å². The summed E-state index contributed by atoms with van der Waals surface area (Å²) in [6.45, 7) is 4.38. The first-order valence-electron chi connectivity index (χ1n) is 9.36. The Balaban J connectivity index is 2.18. The molecule has 1 heterocycles. The highest BCUT2D eigenvalue weighted by Crippen LogP contribution is 2.43. The molecular weight excluding hydrogens is 344 g/mol. The number of rotatable bonds is 5. The molecule has 1 aliphatic rings. The third-order valence-electron chi connectivity index (χ3n) is 5.46. The average Bonchev–Trinajstić information content (AvgIpc) is 2.69. The van der Waals surface area contributed by atoms with Crippen LogP contribution in [0, 0.1) is 5.41 Å². The van der Waals surface area contributed by atoms with Gasteiger partial charge in [0.2, 0.25) is 0 Å². The summed E-state index contributed by atoms with van der Waals surface area (Å²) in [7, 11) is 0. The van der Waals surface area contributed by atoms with Crippen molar-refractivity contribution in [3.05, 3.63) is 65.7 Å². The van der Waals surface area contributed by atoms with Gasteiger partial charge in [0.15, 0.2) is 16.9 Å². The van der Waals surface area contributed by atoms with Crippen molar-refractivity contribution in [2.24, 2.45) is 5.41 Å². The van der Waals surface area contributed by atoms with E-state index in [-0.39, 0.29) is 12.4 Å². The van der Waals surface area contributed by atoms with Crippen molar-refractivity contribution in [3.8, 4) is 0 Å². The number of hydrogen-bond donors (Lipinski definition) is 0. The zero-order valence-electron chi connectivity index (χ0n) is 15.4. The minimum absolute atomic E-state index is 0.184. The molecular formula is C22H26O3S. The lowest BCUT2D eigenvalue weighted by molar-refractivity contribution is -0.132. The molecule has 0 saturated heterocycles. The molecule has 0 fully saturated rings. The Bertz CT molecular complexity index is 787. The van der Waals surface area contributed by atoms with Crippen LogP contribution in [-0.4, -0.2) is 16.6 Å². The number of ketones is 1. The first-order chi connectivity index (χ1) is 12.6. The highest BCUT2D eigenvalue weighted by atomic mass is 32.2. The lowest BCUT2D eigenvalue weighted by Gasteiger charge is -2.36. The first kappa shape index (κ1) is 19.0. The molecule has 3 rings (SSSR count). The quantitative estimate of drug-likeness (QED) is 0.741. The van der Waals surface area contributed by atoms with Crippen molar-refractivity contribution in [1.29, 1.82) is 0 Å². The second-order valence-electron chi connectivity index (χ2n) is 6.98. The van der Waals surface area contributed by atoms with Gasteiger partial charge in [-0.2, -0.15) is 0 Å². The van der Waals surface area contributed by atoms with Crippen LogP contribution in [0.3, 0.4) is 0 Å². The third kappa shape index (κ3) is 3.53. The van der Waals surface area contributed by atoms with Crippen molar-refractivity contribution in [2.45, 2.75) is 50.3 Å². The van der Waals surface area contributed by atoms with Crippen molar-refractivity contribution in [2.75, 3.05) is 6.61 Å². The van der Waals surface area contributed by atoms with E-state index in [1.165, 1.54) is 0 Å². The third-order valence-corrected chi connectivity index (χ3v) is 6.52. The molecule has 138 valence electrons. The van der Waals surface area contributed by atoms with Crippen LogP contribution in [0.15, 0.2) is 59.5 Å². The molecule has 0 spiro atoms. The van der Waals surface area contributed by atoms with Crippen molar-refractivity contribution >= 4 is 16.9 Å². The maximum atomic E-state index is 13.8. The van der Waals surface area contributed by atoms with Gasteiger partial charge in [0, 0.05) is 0 Å². The lowest BCUT2D eigenvalue weighted by Crippen LogP contribution is -2.41. The maximum absolute atomic E-state index is 13.8. The monoisotopic (exact) mass is 370 g/mol. The molecule has 26 heavy (non-hydrogen) atoms. The highest BCUT2D eigenvalue weighted by Gasteiger charge is 2.44. The molecule has 0 aromatic heterocycles. The predicted octanol–water partition coefficient (Wildman–Crippen LogP) is 5.03. The van der Waals surface area contributed by atoms with Gasteiger partial charge in [0.25, 0.3) is 0 Å². The summed E-state index contributed by atoms with van der Waals surface area (Å²) in [4.78, 5) is 14.5. The van der Waals surface area contributed by atoms with E-state index in [4.69, 9.17) is 4.18 Å². The molecule has 1 unspecified atom stereocenters. The Morgan fingerprint density at radius 1 is 1.08 bits per heavy atom. The SMILES string of the molecule is CCCC[C@]1(CC)COS(=O)c2ccccc2[C@H](c2ccccc2)C1=O. The Morgan fingerprint density at radius 3 is 2.46 bits per heavy atom. The normalized spacial score (nSPS) is 26.0. The molecule has 0 saturated carbocycles. The van der Waals surface area contributed by atoms with Crippen molar-refractivity contribution in [3.63, 3.8) is 0 Å². The van der Waals surface area contributed by atoms with Crippen LogP contribution in [0.2, 0.25) is 0 Å². The molecule has 3 atom stereocenters.